The van der Waals surface area contributed by atoms with Gasteiger partial charge in [-0.25, -0.2) is 0 Å². The first kappa shape index (κ1) is 21.8. The quantitative estimate of drug-likeness (QED) is 0.587. The lowest BCUT2D eigenvalue weighted by Crippen LogP contribution is -2.38. The van der Waals surface area contributed by atoms with Crippen molar-refractivity contribution in [2.24, 2.45) is 0 Å². The highest BCUT2D eigenvalue weighted by molar-refractivity contribution is 5.73. The predicted octanol–water partition coefficient (Wildman–Crippen LogP) is 5.22. The summed E-state index contributed by atoms with van der Waals surface area (Å²) >= 11 is 0. The molecule has 0 aliphatic rings. The lowest BCUT2D eigenvalue weighted by atomic mass is 9.96. The molecular formula is C25H30N4O. The van der Waals surface area contributed by atoms with Gasteiger partial charge in [-0.1, -0.05) is 12.1 Å². The van der Waals surface area contributed by atoms with Crippen LogP contribution in [0.15, 0.2) is 54.7 Å². The number of rotatable bonds is 4. The molecule has 156 valence electrons. The number of aromatic nitrogens is 2. The molecule has 5 nitrogen and oxygen atoms in total. The number of benzene rings is 2. The van der Waals surface area contributed by atoms with Crippen LogP contribution in [0.5, 0.6) is 0 Å². The summed E-state index contributed by atoms with van der Waals surface area (Å²) in [5, 5.41) is 27.7. The molecule has 0 radical (unpaired) electrons. The Bertz CT molecular complexity index is 1060. The lowest BCUT2D eigenvalue weighted by molar-refractivity contribution is 0.107. The summed E-state index contributed by atoms with van der Waals surface area (Å²) in [5.74, 6) is 0. The van der Waals surface area contributed by atoms with E-state index in [9.17, 15) is 5.11 Å². The SMILES string of the molecule is CC(C)(C)NC(O)c1cc(-c2ccc(C#N)cc2)cc(-c2ccnn2C(C)(C)C)c1. The van der Waals surface area contributed by atoms with E-state index in [1.165, 1.54) is 0 Å². The molecule has 2 aromatic carbocycles. The fourth-order valence-electron chi connectivity index (χ4n) is 3.41. The minimum Gasteiger partial charge on any atom is -0.374 e. The van der Waals surface area contributed by atoms with Crippen molar-refractivity contribution in [1.82, 2.24) is 15.1 Å². The fraction of sp³-hybridized carbons (Fsp3) is 0.360. The number of aliphatic hydroxyl groups is 1. The minimum atomic E-state index is -0.812. The van der Waals surface area contributed by atoms with Crippen LogP contribution in [0.25, 0.3) is 22.4 Å². The van der Waals surface area contributed by atoms with Crippen LogP contribution in [0, 0.1) is 11.3 Å². The highest BCUT2D eigenvalue weighted by Gasteiger charge is 2.21. The van der Waals surface area contributed by atoms with Crippen LogP contribution in [-0.2, 0) is 5.54 Å². The standard InChI is InChI=1S/C25H30N4O/c1-24(2,3)28-23(30)21-14-19(18-9-7-17(16-26)8-10-18)13-20(15-21)22-11-12-27-29(22)25(4,5)6/h7-15,23,28,30H,1-6H3. The smallest absolute Gasteiger partial charge is 0.131 e. The highest BCUT2D eigenvalue weighted by atomic mass is 16.3. The Morgan fingerprint density at radius 3 is 2.13 bits per heavy atom. The zero-order chi connectivity index (χ0) is 22.1. The van der Waals surface area contributed by atoms with Gasteiger partial charge in [-0.2, -0.15) is 10.4 Å². The van der Waals surface area contributed by atoms with Crippen molar-refractivity contribution in [2.45, 2.75) is 58.8 Å². The van der Waals surface area contributed by atoms with E-state index < -0.39 is 6.23 Å². The van der Waals surface area contributed by atoms with Crippen molar-refractivity contribution in [1.29, 1.82) is 5.26 Å². The summed E-state index contributed by atoms with van der Waals surface area (Å²) in [6.45, 7) is 12.4. The van der Waals surface area contributed by atoms with Crippen LogP contribution in [0.3, 0.4) is 0 Å². The van der Waals surface area contributed by atoms with E-state index >= 15 is 0 Å². The zero-order valence-electron chi connectivity index (χ0n) is 18.6. The summed E-state index contributed by atoms with van der Waals surface area (Å²) in [4.78, 5) is 0. The average Bonchev–Trinajstić information content (AvgIpc) is 3.17. The molecule has 0 amide bonds. The number of aliphatic hydroxyl groups excluding tert-OH is 1. The summed E-state index contributed by atoms with van der Waals surface area (Å²) in [6.07, 6.45) is 0.992. The highest BCUT2D eigenvalue weighted by Crippen LogP contribution is 2.32. The second-order valence-corrected chi connectivity index (χ2v) is 9.63. The summed E-state index contributed by atoms with van der Waals surface area (Å²) in [6, 6.07) is 17.8. The van der Waals surface area contributed by atoms with Crippen LogP contribution in [0.4, 0.5) is 0 Å². The Hall–Kier alpha value is -2.94. The first-order valence-electron chi connectivity index (χ1n) is 10.1. The molecule has 1 atom stereocenters. The Morgan fingerprint density at radius 2 is 1.57 bits per heavy atom. The number of nitrogens with zero attached hydrogens (tertiary/aromatic N) is 3. The Labute approximate surface area is 179 Å². The van der Waals surface area contributed by atoms with Crippen LogP contribution in [0.1, 0.15) is 58.9 Å². The van der Waals surface area contributed by atoms with Crippen molar-refractivity contribution < 1.29 is 5.11 Å². The molecule has 1 unspecified atom stereocenters. The van der Waals surface area contributed by atoms with Gasteiger partial charge < -0.3 is 5.11 Å². The monoisotopic (exact) mass is 402 g/mol. The van der Waals surface area contributed by atoms with Gasteiger partial charge in [0.25, 0.3) is 0 Å². The van der Waals surface area contributed by atoms with Gasteiger partial charge >= 0.3 is 0 Å². The molecule has 5 heteroatoms. The molecule has 0 fully saturated rings. The van der Waals surface area contributed by atoms with Gasteiger partial charge in [0.15, 0.2) is 0 Å². The molecule has 0 aliphatic carbocycles. The molecule has 0 saturated heterocycles. The Kier molecular flexibility index (Phi) is 5.85. The molecular weight excluding hydrogens is 372 g/mol. The second-order valence-electron chi connectivity index (χ2n) is 9.63. The van der Waals surface area contributed by atoms with Gasteiger partial charge in [0.2, 0.25) is 0 Å². The summed E-state index contributed by atoms with van der Waals surface area (Å²) < 4.78 is 2.00. The molecule has 0 bridgehead atoms. The van der Waals surface area contributed by atoms with Gasteiger partial charge in [0.05, 0.1) is 22.9 Å². The topological polar surface area (TPSA) is 73.9 Å². The van der Waals surface area contributed by atoms with Crippen molar-refractivity contribution >= 4 is 0 Å². The third kappa shape index (κ3) is 4.96. The van der Waals surface area contributed by atoms with Crippen LogP contribution in [0.2, 0.25) is 0 Å². The number of hydrogen-bond donors (Lipinski definition) is 2. The molecule has 1 aromatic heterocycles. The van der Waals surface area contributed by atoms with Crippen LogP contribution in [-0.4, -0.2) is 20.4 Å². The molecule has 0 saturated carbocycles. The maximum atomic E-state index is 10.9. The van der Waals surface area contributed by atoms with Crippen LogP contribution >= 0.6 is 0 Å². The minimum absolute atomic E-state index is 0.175. The average molecular weight is 403 g/mol. The van der Waals surface area contributed by atoms with Crippen molar-refractivity contribution in [2.75, 3.05) is 0 Å². The van der Waals surface area contributed by atoms with E-state index in [4.69, 9.17) is 5.26 Å². The molecule has 0 spiro atoms. The second kappa shape index (κ2) is 8.06. The largest absolute Gasteiger partial charge is 0.374 e. The third-order valence-corrected chi connectivity index (χ3v) is 4.76. The first-order valence-corrected chi connectivity index (χ1v) is 10.1. The van der Waals surface area contributed by atoms with E-state index in [1.54, 1.807) is 6.20 Å². The number of hydrogen-bond acceptors (Lipinski definition) is 4. The molecule has 1 heterocycles. The predicted molar refractivity (Wildman–Crippen MR) is 121 cm³/mol. The zero-order valence-corrected chi connectivity index (χ0v) is 18.6. The molecule has 0 aliphatic heterocycles. The molecule has 3 rings (SSSR count). The summed E-state index contributed by atoms with van der Waals surface area (Å²) in [7, 11) is 0. The van der Waals surface area contributed by atoms with Crippen molar-refractivity contribution in [3.63, 3.8) is 0 Å². The molecule has 3 aromatic rings. The van der Waals surface area contributed by atoms with E-state index in [2.05, 4.69) is 43.3 Å². The van der Waals surface area contributed by atoms with E-state index in [0.717, 1.165) is 27.9 Å². The molecule has 2 N–H and O–H groups in total. The normalized spacial score (nSPS) is 13.1. The van der Waals surface area contributed by atoms with Gasteiger partial charge in [-0.05, 0) is 94.6 Å². The van der Waals surface area contributed by atoms with Gasteiger partial charge in [-0.3, -0.25) is 10.00 Å². The van der Waals surface area contributed by atoms with Gasteiger partial charge in [-0.15, -0.1) is 0 Å². The van der Waals surface area contributed by atoms with Gasteiger partial charge in [0.1, 0.15) is 6.23 Å². The Morgan fingerprint density at radius 1 is 0.933 bits per heavy atom. The van der Waals surface area contributed by atoms with Crippen LogP contribution < -0.4 is 5.32 Å². The third-order valence-electron chi connectivity index (χ3n) is 4.76. The van der Waals surface area contributed by atoms with Crippen molar-refractivity contribution in [3.8, 4) is 28.5 Å². The van der Waals surface area contributed by atoms with E-state index in [0.29, 0.717) is 5.56 Å². The first-order chi connectivity index (χ1) is 14.0. The molecule has 30 heavy (non-hydrogen) atoms. The maximum Gasteiger partial charge on any atom is 0.131 e. The Balaban J connectivity index is 2.16. The number of nitriles is 1. The summed E-state index contributed by atoms with van der Waals surface area (Å²) in [5.41, 5.74) is 4.92. The van der Waals surface area contributed by atoms with Crippen molar-refractivity contribution in [3.05, 3.63) is 65.9 Å². The van der Waals surface area contributed by atoms with Gasteiger partial charge in [0, 0.05) is 17.3 Å². The lowest BCUT2D eigenvalue weighted by Gasteiger charge is -2.26. The fourth-order valence-corrected chi connectivity index (χ4v) is 3.41. The van der Waals surface area contributed by atoms with E-state index in [1.807, 2.05) is 67.9 Å². The van der Waals surface area contributed by atoms with E-state index in [-0.39, 0.29) is 11.1 Å². The maximum absolute atomic E-state index is 10.9. The number of nitrogens with one attached hydrogen (secondary N) is 1.